The standard InChI is InChI=1S/C60H55NS/c1-57(2,3)38-33-46-54-52(62-56(46)50(34-38)58(4,5)6)32-31-45-53-48(60(9,10)55(45)54)23-16-24-51(53)61(40-29-30-44-43-20-13-14-22-47(43)59(7,8)49(44)35-40)39-27-25-37(26-28-39)42-21-15-18-36-17-11-12-19-41(36)42/h11-35H,1-10H3. The first-order valence-corrected chi connectivity index (χ1v) is 23.2. The zero-order valence-corrected chi connectivity index (χ0v) is 38.6. The molecule has 62 heavy (non-hydrogen) atoms. The van der Waals surface area contributed by atoms with E-state index in [9.17, 15) is 0 Å². The van der Waals surface area contributed by atoms with Crippen LogP contribution >= 0.6 is 11.3 Å². The number of fused-ring (bicyclic) bond motifs is 11. The van der Waals surface area contributed by atoms with Crippen molar-refractivity contribution in [2.45, 2.75) is 90.9 Å². The van der Waals surface area contributed by atoms with Crippen LogP contribution in [0.25, 0.3) is 64.3 Å². The quantitative estimate of drug-likeness (QED) is 0.171. The van der Waals surface area contributed by atoms with Crippen LogP contribution < -0.4 is 4.90 Å². The van der Waals surface area contributed by atoms with E-state index in [1.165, 1.54) is 109 Å². The molecule has 0 unspecified atom stereocenters. The normalized spacial score (nSPS) is 14.9. The molecule has 11 rings (SSSR count). The molecule has 2 heteroatoms. The summed E-state index contributed by atoms with van der Waals surface area (Å²) in [5, 5.41) is 5.36. The average Bonchev–Trinajstić information content (AvgIpc) is 3.82. The van der Waals surface area contributed by atoms with Crippen molar-refractivity contribution in [1.82, 2.24) is 0 Å². The molecule has 306 valence electrons. The predicted octanol–water partition coefficient (Wildman–Crippen LogP) is 17.6. The zero-order chi connectivity index (χ0) is 43.1. The van der Waals surface area contributed by atoms with Gasteiger partial charge >= 0.3 is 0 Å². The van der Waals surface area contributed by atoms with Crippen molar-refractivity contribution in [2.24, 2.45) is 0 Å². The first kappa shape index (κ1) is 38.9. The summed E-state index contributed by atoms with van der Waals surface area (Å²) in [4.78, 5) is 2.54. The van der Waals surface area contributed by atoms with Gasteiger partial charge in [-0.1, -0.05) is 178 Å². The summed E-state index contributed by atoms with van der Waals surface area (Å²) in [6, 6.07) is 57.8. The Morgan fingerprint density at radius 3 is 1.90 bits per heavy atom. The van der Waals surface area contributed by atoms with E-state index in [2.05, 4.69) is 226 Å². The number of anilines is 3. The molecule has 0 saturated carbocycles. The lowest BCUT2D eigenvalue weighted by Gasteiger charge is -2.30. The molecule has 1 nitrogen and oxygen atoms in total. The van der Waals surface area contributed by atoms with Gasteiger partial charge in [0.15, 0.2) is 0 Å². The second-order valence-electron chi connectivity index (χ2n) is 21.0. The Morgan fingerprint density at radius 1 is 0.484 bits per heavy atom. The first-order valence-electron chi connectivity index (χ1n) is 22.3. The summed E-state index contributed by atoms with van der Waals surface area (Å²) in [6.45, 7) is 23.9. The molecule has 1 heterocycles. The van der Waals surface area contributed by atoms with Gasteiger partial charge in [0, 0.05) is 47.9 Å². The fourth-order valence-electron chi connectivity index (χ4n) is 11.0. The van der Waals surface area contributed by atoms with E-state index in [1.807, 2.05) is 11.3 Å². The molecule has 2 aliphatic rings. The van der Waals surface area contributed by atoms with Gasteiger partial charge in [0.25, 0.3) is 0 Å². The van der Waals surface area contributed by atoms with Crippen LogP contribution in [-0.2, 0) is 21.7 Å². The topological polar surface area (TPSA) is 3.24 Å². The van der Waals surface area contributed by atoms with Crippen LogP contribution in [-0.4, -0.2) is 0 Å². The Labute approximate surface area is 371 Å². The second kappa shape index (κ2) is 13.3. The minimum absolute atomic E-state index is 0.0185. The monoisotopic (exact) mass is 821 g/mol. The lowest BCUT2D eigenvalue weighted by Crippen LogP contribution is -2.18. The van der Waals surface area contributed by atoms with Crippen LogP contribution in [0, 0.1) is 0 Å². The summed E-state index contributed by atoms with van der Waals surface area (Å²) < 4.78 is 2.80. The third kappa shape index (κ3) is 5.65. The number of hydrogen-bond donors (Lipinski definition) is 0. The van der Waals surface area contributed by atoms with Crippen LogP contribution in [0.2, 0.25) is 0 Å². The molecule has 0 amide bonds. The highest BCUT2D eigenvalue weighted by Gasteiger charge is 2.41. The molecular weight excluding hydrogens is 767 g/mol. The summed E-state index contributed by atoms with van der Waals surface area (Å²) in [5.74, 6) is 0. The van der Waals surface area contributed by atoms with E-state index in [4.69, 9.17) is 0 Å². The van der Waals surface area contributed by atoms with Crippen LogP contribution in [0.15, 0.2) is 152 Å². The lowest BCUT2D eigenvalue weighted by atomic mass is 9.78. The smallest absolute Gasteiger partial charge is 0.0543 e. The Hall–Kier alpha value is -5.96. The molecule has 8 aromatic carbocycles. The number of hydrogen-bond acceptors (Lipinski definition) is 2. The van der Waals surface area contributed by atoms with Crippen molar-refractivity contribution in [2.75, 3.05) is 4.90 Å². The number of nitrogens with zero attached hydrogens (tertiary/aromatic N) is 1. The lowest BCUT2D eigenvalue weighted by molar-refractivity contribution is 0.573. The maximum absolute atomic E-state index is 2.54. The predicted molar refractivity (Wildman–Crippen MR) is 269 cm³/mol. The Bertz CT molecular complexity index is 3300. The molecule has 0 aliphatic heterocycles. The molecular formula is C60H55NS. The molecule has 0 spiro atoms. The Balaban J connectivity index is 1.16. The highest BCUT2D eigenvalue weighted by molar-refractivity contribution is 7.26. The number of benzene rings is 8. The van der Waals surface area contributed by atoms with Gasteiger partial charge in [0.1, 0.15) is 0 Å². The molecule has 0 N–H and O–H groups in total. The molecule has 0 saturated heterocycles. The van der Waals surface area contributed by atoms with Crippen molar-refractivity contribution in [3.05, 3.63) is 185 Å². The molecule has 0 atom stereocenters. The fraction of sp³-hybridized carbons (Fsp3) is 0.233. The van der Waals surface area contributed by atoms with E-state index in [0.717, 1.165) is 5.69 Å². The van der Waals surface area contributed by atoms with Crippen LogP contribution in [0.5, 0.6) is 0 Å². The van der Waals surface area contributed by atoms with E-state index < -0.39 is 0 Å². The molecule has 0 fully saturated rings. The molecule has 1 aromatic heterocycles. The maximum atomic E-state index is 2.54. The van der Waals surface area contributed by atoms with Gasteiger partial charge in [-0.15, -0.1) is 11.3 Å². The molecule has 9 aromatic rings. The summed E-state index contributed by atoms with van der Waals surface area (Å²) in [5.41, 5.74) is 19.5. The maximum Gasteiger partial charge on any atom is 0.0543 e. The third-order valence-corrected chi connectivity index (χ3v) is 15.5. The SMILES string of the molecule is CC(C)(C)c1cc(C(C)(C)C)c2sc3ccc4c(c3c2c1)C(C)(C)c1cccc(N(c2ccc(-c3cccc5ccccc35)cc2)c2ccc3c(c2)C(C)(C)c2ccccc2-3)c1-4. The van der Waals surface area contributed by atoms with Crippen LogP contribution in [0.3, 0.4) is 0 Å². The van der Waals surface area contributed by atoms with E-state index >= 15 is 0 Å². The zero-order valence-electron chi connectivity index (χ0n) is 37.8. The highest BCUT2D eigenvalue weighted by Crippen LogP contribution is 2.59. The highest BCUT2D eigenvalue weighted by atomic mass is 32.1. The summed E-state index contributed by atoms with van der Waals surface area (Å²) in [7, 11) is 0. The van der Waals surface area contributed by atoms with Crippen LogP contribution in [0.1, 0.15) is 103 Å². The summed E-state index contributed by atoms with van der Waals surface area (Å²) >= 11 is 1.98. The minimum atomic E-state index is -0.223. The fourth-order valence-corrected chi connectivity index (χ4v) is 12.4. The summed E-state index contributed by atoms with van der Waals surface area (Å²) in [6.07, 6.45) is 0. The van der Waals surface area contributed by atoms with Gasteiger partial charge in [0.2, 0.25) is 0 Å². The largest absolute Gasteiger partial charge is 0.310 e. The van der Waals surface area contributed by atoms with E-state index in [0.29, 0.717) is 0 Å². The van der Waals surface area contributed by atoms with Gasteiger partial charge in [-0.05, 0) is 125 Å². The van der Waals surface area contributed by atoms with Gasteiger partial charge in [-0.25, -0.2) is 0 Å². The van der Waals surface area contributed by atoms with Crippen molar-refractivity contribution < 1.29 is 0 Å². The van der Waals surface area contributed by atoms with Gasteiger partial charge in [-0.3, -0.25) is 0 Å². The van der Waals surface area contributed by atoms with Gasteiger partial charge in [-0.2, -0.15) is 0 Å². The number of thiophene rings is 1. The van der Waals surface area contributed by atoms with Crippen molar-refractivity contribution in [3.8, 4) is 33.4 Å². The van der Waals surface area contributed by atoms with Gasteiger partial charge < -0.3 is 4.90 Å². The minimum Gasteiger partial charge on any atom is -0.310 e. The third-order valence-electron chi connectivity index (χ3n) is 14.3. The van der Waals surface area contributed by atoms with Crippen molar-refractivity contribution >= 4 is 59.3 Å². The first-order chi connectivity index (χ1) is 29.5. The average molecular weight is 822 g/mol. The Kier molecular flexibility index (Phi) is 8.33. The second-order valence-corrected chi connectivity index (χ2v) is 22.1. The molecule has 0 radical (unpaired) electrons. The Morgan fingerprint density at radius 2 is 1.13 bits per heavy atom. The number of rotatable bonds is 4. The molecule has 0 bridgehead atoms. The van der Waals surface area contributed by atoms with Gasteiger partial charge in [0.05, 0.1) is 5.69 Å². The van der Waals surface area contributed by atoms with Crippen molar-refractivity contribution in [1.29, 1.82) is 0 Å². The molecule has 2 aliphatic carbocycles. The van der Waals surface area contributed by atoms with Crippen LogP contribution in [0.4, 0.5) is 17.1 Å². The van der Waals surface area contributed by atoms with E-state index in [-0.39, 0.29) is 21.7 Å². The van der Waals surface area contributed by atoms with E-state index in [1.54, 1.807) is 0 Å². The van der Waals surface area contributed by atoms with Crippen molar-refractivity contribution in [3.63, 3.8) is 0 Å².